The maximum absolute atomic E-state index is 12.9. The summed E-state index contributed by atoms with van der Waals surface area (Å²) in [6.07, 6.45) is 2.71. The van der Waals surface area contributed by atoms with Crippen LogP contribution in [0.4, 0.5) is 5.69 Å². The van der Waals surface area contributed by atoms with Crippen molar-refractivity contribution in [3.05, 3.63) is 24.3 Å². The third-order valence-electron chi connectivity index (χ3n) is 5.87. The van der Waals surface area contributed by atoms with Crippen LogP contribution in [0.2, 0.25) is 0 Å². The van der Waals surface area contributed by atoms with Gasteiger partial charge in [-0.2, -0.15) is 0 Å². The van der Waals surface area contributed by atoms with Gasteiger partial charge in [-0.15, -0.1) is 0 Å². The Bertz CT molecular complexity index is 735. The van der Waals surface area contributed by atoms with Crippen molar-refractivity contribution in [2.24, 2.45) is 10.9 Å². The molecule has 2 aliphatic carbocycles. The summed E-state index contributed by atoms with van der Waals surface area (Å²) >= 11 is 1.48. The quantitative estimate of drug-likeness (QED) is 0.609. The van der Waals surface area contributed by atoms with Crippen molar-refractivity contribution in [3.63, 3.8) is 0 Å². The minimum Gasteiger partial charge on any atom is -0.497 e. The summed E-state index contributed by atoms with van der Waals surface area (Å²) in [4.78, 5) is 17.5. The molecule has 1 heterocycles. The SMILES string of the molecule is COc1ccc(NC2=N[C@H]3[C@@H](O)[C@H](O)C[C@H](C(=O)NC4CCCC4)[C@H]3S2)cc1. The average Bonchev–Trinajstić information content (AvgIpc) is 3.35. The maximum atomic E-state index is 12.9. The Kier molecular flexibility index (Phi) is 5.80. The minimum atomic E-state index is -0.955. The Hall–Kier alpha value is -1.77. The first kappa shape index (κ1) is 19.5. The molecule has 0 bridgehead atoms. The van der Waals surface area contributed by atoms with Crippen LogP contribution in [0, 0.1) is 5.92 Å². The number of carbonyl (C=O) groups is 1. The van der Waals surface area contributed by atoms with E-state index in [-0.39, 0.29) is 29.5 Å². The predicted octanol–water partition coefficient (Wildman–Crippen LogP) is 1.75. The second kappa shape index (κ2) is 8.31. The number of nitrogens with zero attached hydrogens (tertiary/aromatic N) is 1. The summed E-state index contributed by atoms with van der Waals surface area (Å²) in [5, 5.41) is 27.6. The molecule has 4 N–H and O–H groups in total. The van der Waals surface area contributed by atoms with E-state index in [2.05, 4.69) is 15.6 Å². The summed E-state index contributed by atoms with van der Waals surface area (Å²) in [5.74, 6) is 0.372. The Morgan fingerprint density at radius 3 is 2.61 bits per heavy atom. The molecule has 28 heavy (non-hydrogen) atoms. The number of carbonyl (C=O) groups excluding carboxylic acids is 1. The third-order valence-corrected chi connectivity index (χ3v) is 7.18. The zero-order valence-corrected chi connectivity index (χ0v) is 16.7. The second-order valence-electron chi connectivity index (χ2n) is 7.75. The highest BCUT2D eigenvalue weighted by atomic mass is 32.2. The predicted molar refractivity (Wildman–Crippen MR) is 110 cm³/mol. The van der Waals surface area contributed by atoms with Crippen molar-refractivity contribution in [3.8, 4) is 5.75 Å². The van der Waals surface area contributed by atoms with E-state index in [0.29, 0.717) is 5.17 Å². The van der Waals surface area contributed by atoms with Gasteiger partial charge in [-0.05, 0) is 43.5 Å². The molecule has 2 saturated carbocycles. The number of hydrogen-bond donors (Lipinski definition) is 4. The summed E-state index contributed by atoms with van der Waals surface area (Å²) in [7, 11) is 1.62. The van der Waals surface area contributed by atoms with E-state index >= 15 is 0 Å². The van der Waals surface area contributed by atoms with Crippen molar-refractivity contribution < 1.29 is 19.7 Å². The van der Waals surface area contributed by atoms with Gasteiger partial charge in [0, 0.05) is 17.0 Å². The summed E-state index contributed by atoms with van der Waals surface area (Å²) < 4.78 is 5.17. The summed E-state index contributed by atoms with van der Waals surface area (Å²) in [5.41, 5.74) is 0.854. The Morgan fingerprint density at radius 2 is 1.93 bits per heavy atom. The fourth-order valence-electron chi connectivity index (χ4n) is 4.28. The molecule has 0 unspecified atom stereocenters. The number of methoxy groups -OCH3 is 1. The topological polar surface area (TPSA) is 103 Å². The van der Waals surface area contributed by atoms with Gasteiger partial charge < -0.3 is 25.6 Å². The number of benzene rings is 1. The molecule has 0 saturated heterocycles. The lowest BCUT2D eigenvalue weighted by atomic mass is 9.81. The summed E-state index contributed by atoms with van der Waals surface area (Å²) in [6, 6.07) is 7.23. The molecule has 1 aromatic carbocycles. The normalized spacial score (nSPS) is 32.5. The number of aliphatic imine (C=N–C) groups is 1. The molecular weight excluding hydrogens is 378 g/mol. The maximum Gasteiger partial charge on any atom is 0.224 e. The fraction of sp³-hybridized carbons (Fsp3) is 0.600. The largest absolute Gasteiger partial charge is 0.497 e. The molecule has 2 fully saturated rings. The van der Waals surface area contributed by atoms with Crippen molar-refractivity contribution >= 4 is 28.5 Å². The summed E-state index contributed by atoms with van der Waals surface area (Å²) in [6.45, 7) is 0. The molecule has 152 valence electrons. The second-order valence-corrected chi connectivity index (χ2v) is 8.92. The number of anilines is 1. The number of amidine groups is 1. The lowest BCUT2D eigenvalue weighted by Gasteiger charge is -2.37. The number of aliphatic hydroxyl groups excluding tert-OH is 2. The fourth-order valence-corrected chi connectivity index (χ4v) is 5.66. The van der Waals surface area contributed by atoms with Crippen molar-refractivity contribution in [1.29, 1.82) is 0 Å². The highest BCUT2D eigenvalue weighted by Gasteiger charge is 2.50. The zero-order chi connectivity index (χ0) is 19.7. The van der Waals surface area contributed by atoms with E-state index in [9.17, 15) is 15.0 Å². The Labute approximate surface area is 169 Å². The number of aliphatic hydroxyl groups is 2. The number of hydrogen-bond acceptors (Lipinski definition) is 7. The van der Waals surface area contributed by atoms with Gasteiger partial charge in [0.05, 0.1) is 25.2 Å². The van der Waals surface area contributed by atoms with Gasteiger partial charge in [-0.1, -0.05) is 24.6 Å². The molecule has 0 spiro atoms. The van der Waals surface area contributed by atoms with Crippen LogP contribution >= 0.6 is 11.8 Å². The van der Waals surface area contributed by atoms with E-state index in [1.807, 2.05) is 24.3 Å². The molecule has 1 amide bonds. The molecule has 0 aromatic heterocycles. The highest BCUT2D eigenvalue weighted by molar-refractivity contribution is 8.15. The molecule has 1 aromatic rings. The monoisotopic (exact) mass is 405 g/mol. The van der Waals surface area contributed by atoms with Gasteiger partial charge in [0.15, 0.2) is 5.17 Å². The third kappa shape index (κ3) is 3.99. The van der Waals surface area contributed by atoms with Crippen LogP contribution in [0.1, 0.15) is 32.1 Å². The van der Waals surface area contributed by atoms with Gasteiger partial charge in [-0.3, -0.25) is 9.79 Å². The average molecular weight is 406 g/mol. The van der Waals surface area contributed by atoms with Gasteiger partial charge in [-0.25, -0.2) is 0 Å². The van der Waals surface area contributed by atoms with E-state index in [0.717, 1.165) is 37.1 Å². The smallest absolute Gasteiger partial charge is 0.224 e. The van der Waals surface area contributed by atoms with E-state index in [4.69, 9.17) is 4.74 Å². The number of fused-ring (bicyclic) bond motifs is 1. The van der Waals surface area contributed by atoms with Crippen LogP contribution < -0.4 is 15.4 Å². The molecule has 4 rings (SSSR count). The van der Waals surface area contributed by atoms with Crippen molar-refractivity contribution in [1.82, 2.24) is 5.32 Å². The highest BCUT2D eigenvalue weighted by Crippen LogP contribution is 2.41. The molecule has 3 aliphatic rings. The standard InChI is InChI=1S/C20H27N3O4S/c1-27-13-8-6-12(7-9-13)22-20-23-16-17(25)15(24)10-14(18(16)28-20)19(26)21-11-4-2-3-5-11/h6-9,11,14-18,24-25H,2-5,10H2,1H3,(H,21,26)(H,22,23)/t14-,15+,16-,17-,18+/m0/s1. The molecule has 1 aliphatic heterocycles. The van der Waals surface area contributed by atoms with Gasteiger partial charge in [0.25, 0.3) is 0 Å². The van der Waals surface area contributed by atoms with Crippen molar-refractivity contribution in [2.75, 3.05) is 12.4 Å². The number of ether oxygens (including phenoxy) is 1. The minimum absolute atomic E-state index is 0.0266. The lowest BCUT2D eigenvalue weighted by Crippen LogP contribution is -2.54. The molecule has 5 atom stereocenters. The van der Waals surface area contributed by atoms with Crippen LogP contribution in [0.15, 0.2) is 29.3 Å². The van der Waals surface area contributed by atoms with Crippen LogP contribution in [0.3, 0.4) is 0 Å². The molecular formula is C20H27N3O4S. The van der Waals surface area contributed by atoms with E-state index in [1.165, 1.54) is 11.8 Å². The molecule has 7 nitrogen and oxygen atoms in total. The first-order valence-electron chi connectivity index (χ1n) is 9.87. The number of thioether (sulfide) groups is 1. The molecule has 8 heteroatoms. The Morgan fingerprint density at radius 1 is 1.21 bits per heavy atom. The van der Waals surface area contributed by atoms with Crippen LogP contribution in [0.5, 0.6) is 5.75 Å². The van der Waals surface area contributed by atoms with E-state index < -0.39 is 18.2 Å². The van der Waals surface area contributed by atoms with Crippen molar-refractivity contribution in [2.45, 2.75) is 61.6 Å². The zero-order valence-electron chi connectivity index (χ0n) is 15.9. The number of amides is 1. The first-order chi connectivity index (χ1) is 13.5. The number of nitrogens with one attached hydrogen (secondary N) is 2. The van der Waals surface area contributed by atoms with Gasteiger partial charge in [0.1, 0.15) is 11.9 Å². The molecule has 0 radical (unpaired) electrons. The van der Waals surface area contributed by atoms with Gasteiger partial charge >= 0.3 is 0 Å². The Balaban J connectivity index is 1.46. The van der Waals surface area contributed by atoms with Crippen LogP contribution in [-0.4, -0.2) is 57.9 Å². The lowest BCUT2D eigenvalue weighted by molar-refractivity contribution is -0.130. The van der Waals surface area contributed by atoms with Crippen LogP contribution in [-0.2, 0) is 4.79 Å². The van der Waals surface area contributed by atoms with E-state index in [1.54, 1.807) is 7.11 Å². The number of rotatable bonds is 4. The first-order valence-corrected chi connectivity index (χ1v) is 10.7. The van der Waals surface area contributed by atoms with Gasteiger partial charge in [0.2, 0.25) is 5.91 Å². The van der Waals surface area contributed by atoms with Crippen LogP contribution in [0.25, 0.3) is 0 Å².